The third-order valence-corrected chi connectivity index (χ3v) is 5.57. The SMILES string of the molecule is Cn1ccnc1C(=O)N1CCCC2(CC1)CN(c1cccc(F)c1)C(=O)CO2. The van der Waals surface area contributed by atoms with Crippen LogP contribution in [0.4, 0.5) is 10.1 Å². The summed E-state index contributed by atoms with van der Waals surface area (Å²) in [6.07, 6.45) is 5.47. The lowest BCUT2D eigenvalue weighted by Gasteiger charge is -2.42. The van der Waals surface area contributed by atoms with Gasteiger partial charge in [-0.25, -0.2) is 9.37 Å². The third kappa shape index (κ3) is 3.52. The van der Waals surface area contributed by atoms with Gasteiger partial charge in [-0.3, -0.25) is 9.59 Å². The maximum atomic E-state index is 13.6. The summed E-state index contributed by atoms with van der Waals surface area (Å²) in [7, 11) is 1.80. The highest BCUT2D eigenvalue weighted by Crippen LogP contribution is 2.33. The van der Waals surface area contributed by atoms with Gasteiger partial charge >= 0.3 is 0 Å². The predicted molar refractivity (Wildman–Crippen MR) is 100 cm³/mol. The summed E-state index contributed by atoms with van der Waals surface area (Å²) >= 11 is 0. The second-order valence-electron chi connectivity index (χ2n) is 7.44. The molecule has 2 aliphatic rings. The van der Waals surface area contributed by atoms with Gasteiger partial charge in [-0.1, -0.05) is 6.07 Å². The Kier molecular flexibility index (Phi) is 4.89. The first kappa shape index (κ1) is 18.6. The maximum absolute atomic E-state index is 13.6. The van der Waals surface area contributed by atoms with Crippen molar-refractivity contribution < 1.29 is 18.7 Å². The zero-order chi connectivity index (χ0) is 19.7. The quantitative estimate of drug-likeness (QED) is 0.792. The number of benzene rings is 1. The van der Waals surface area contributed by atoms with Gasteiger partial charge in [-0.05, 0) is 37.5 Å². The highest BCUT2D eigenvalue weighted by Gasteiger charge is 2.42. The van der Waals surface area contributed by atoms with E-state index in [0.717, 1.165) is 12.8 Å². The molecule has 1 unspecified atom stereocenters. The van der Waals surface area contributed by atoms with E-state index in [-0.39, 0.29) is 24.2 Å². The molecular formula is C20H23FN4O3. The van der Waals surface area contributed by atoms with Crippen LogP contribution in [0.3, 0.4) is 0 Å². The molecular weight excluding hydrogens is 363 g/mol. The molecule has 1 spiro atoms. The first-order chi connectivity index (χ1) is 13.5. The zero-order valence-corrected chi connectivity index (χ0v) is 15.8. The Morgan fingerprint density at radius 3 is 2.89 bits per heavy atom. The highest BCUT2D eigenvalue weighted by atomic mass is 19.1. The first-order valence-electron chi connectivity index (χ1n) is 9.44. The summed E-state index contributed by atoms with van der Waals surface area (Å²) in [5.74, 6) is -0.240. The lowest BCUT2D eigenvalue weighted by Crippen LogP contribution is -2.55. The van der Waals surface area contributed by atoms with Crippen LogP contribution >= 0.6 is 0 Å². The summed E-state index contributed by atoms with van der Waals surface area (Å²) in [5, 5.41) is 0. The van der Waals surface area contributed by atoms with E-state index in [9.17, 15) is 14.0 Å². The number of likely N-dealkylation sites (tertiary alicyclic amines) is 1. The van der Waals surface area contributed by atoms with Gasteiger partial charge in [-0.15, -0.1) is 0 Å². The molecule has 0 N–H and O–H groups in total. The molecule has 0 radical (unpaired) electrons. The van der Waals surface area contributed by atoms with Crippen molar-refractivity contribution >= 4 is 17.5 Å². The van der Waals surface area contributed by atoms with Gasteiger partial charge in [-0.2, -0.15) is 0 Å². The van der Waals surface area contributed by atoms with Crippen molar-refractivity contribution in [1.29, 1.82) is 0 Å². The summed E-state index contributed by atoms with van der Waals surface area (Å²) in [4.78, 5) is 32.7. The number of anilines is 1. The van der Waals surface area contributed by atoms with E-state index in [1.54, 1.807) is 45.9 Å². The molecule has 0 bridgehead atoms. The van der Waals surface area contributed by atoms with Gasteiger partial charge in [0, 0.05) is 38.2 Å². The number of carbonyl (C=O) groups excluding carboxylic acids is 2. The van der Waals surface area contributed by atoms with E-state index in [4.69, 9.17) is 4.74 Å². The van der Waals surface area contributed by atoms with E-state index in [0.29, 0.717) is 37.6 Å². The molecule has 28 heavy (non-hydrogen) atoms. The van der Waals surface area contributed by atoms with Gasteiger partial charge in [0.25, 0.3) is 11.8 Å². The Balaban J connectivity index is 1.50. The lowest BCUT2D eigenvalue weighted by atomic mass is 9.92. The Morgan fingerprint density at radius 1 is 1.29 bits per heavy atom. The third-order valence-electron chi connectivity index (χ3n) is 5.57. The van der Waals surface area contributed by atoms with Crippen molar-refractivity contribution in [2.45, 2.75) is 24.9 Å². The molecule has 2 saturated heterocycles. The van der Waals surface area contributed by atoms with Gasteiger partial charge < -0.3 is 19.1 Å². The molecule has 2 aromatic rings. The number of hydrogen-bond acceptors (Lipinski definition) is 4. The number of nitrogens with zero attached hydrogens (tertiary/aromatic N) is 4. The van der Waals surface area contributed by atoms with Crippen LogP contribution in [0.25, 0.3) is 0 Å². The minimum absolute atomic E-state index is 0.0379. The normalized spacial score (nSPS) is 23.1. The van der Waals surface area contributed by atoms with E-state index in [1.807, 2.05) is 0 Å². The van der Waals surface area contributed by atoms with Gasteiger partial charge in [0.1, 0.15) is 12.4 Å². The molecule has 0 saturated carbocycles. The van der Waals surface area contributed by atoms with Crippen LogP contribution in [0.5, 0.6) is 0 Å². The van der Waals surface area contributed by atoms with Crippen LogP contribution in [0.2, 0.25) is 0 Å². The molecule has 3 heterocycles. The number of aryl methyl sites for hydroxylation is 1. The Morgan fingerprint density at radius 2 is 2.14 bits per heavy atom. The highest BCUT2D eigenvalue weighted by molar-refractivity contribution is 5.95. The van der Waals surface area contributed by atoms with Gasteiger partial charge in [0.15, 0.2) is 5.82 Å². The maximum Gasteiger partial charge on any atom is 0.289 e. The van der Waals surface area contributed by atoms with Crippen LogP contribution in [-0.4, -0.2) is 58.1 Å². The topological polar surface area (TPSA) is 67.7 Å². The Hall–Kier alpha value is -2.74. The Labute approximate surface area is 162 Å². The van der Waals surface area contributed by atoms with Crippen molar-refractivity contribution in [1.82, 2.24) is 14.5 Å². The molecule has 148 valence electrons. The molecule has 1 aromatic heterocycles. The molecule has 7 nitrogen and oxygen atoms in total. The van der Waals surface area contributed by atoms with Crippen LogP contribution in [0, 0.1) is 5.82 Å². The van der Waals surface area contributed by atoms with Crippen molar-refractivity contribution in [2.75, 3.05) is 31.1 Å². The molecule has 1 atom stereocenters. The van der Waals surface area contributed by atoms with E-state index in [1.165, 1.54) is 12.1 Å². The number of amides is 2. The predicted octanol–water partition coefficient (Wildman–Crippen LogP) is 1.99. The molecule has 0 aliphatic carbocycles. The van der Waals surface area contributed by atoms with Crippen LogP contribution in [0.15, 0.2) is 36.7 Å². The average molecular weight is 386 g/mol. The van der Waals surface area contributed by atoms with Crippen molar-refractivity contribution in [3.05, 3.63) is 48.3 Å². The summed E-state index contributed by atoms with van der Waals surface area (Å²) in [6.45, 7) is 1.46. The fourth-order valence-corrected chi connectivity index (χ4v) is 3.98. The molecule has 2 fully saturated rings. The number of rotatable bonds is 2. The molecule has 1 aromatic carbocycles. The molecule has 2 aliphatic heterocycles. The smallest absolute Gasteiger partial charge is 0.289 e. The second kappa shape index (κ2) is 7.35. The van der Waals surface area contributed by atoms with E-state index in [2.05, 4.69) is 4.98 Å². The van der Waals surface area contributed by atoms with E-state index >= 15 is 0 Å². The van der Waals surface area contributed by atoms with Crippen molar-refractivity contribution in [3.63, 3.8) is 0 Å². The van der Waals surface area contributed by atoms with Crippen molar-refractivity contribution in [2.24, 2.45) is 7.05 Å². The largest absolute Gasteiger partial charge is 0.363 e. The summed E-state index contributed by atoms with van der Waals surface area (Å²) in [5.41, 5.74) is 0.00883. The summed E-state index contributed by atoms with van der Waals surface area (Å²) in [6, 6.07) is 6.05. The molecule has 8 heteroatoms. The number of aromatic nitrogens is 2. The number of halogens is 1. The minimum Gasteiger partial charge on any atom is -0.363 e. The first-order valence-corrected chi connectivity index (χ1v) is 9.44. The second-order valence-corrected chi connectivity index (χ2v) is 7.44. The van der Waals surface area contributed by atoms with Crippen molar-refractivity contribution in [3.8, 4) is 0 Å². The number of hydrogen-bond donors (Lipinski definition) is 0. The lowest BCUT2D eigenvalue weighted by molar-refractivity contribution is -0.140. The number of carbonyl (C=O) groups is 2. The number of imidazole rings is 1. The van der Waals surface area contributed by atoms with Crippen LogP contribution in [0.1, 0.15) is 29.9 Å². The standard InChI is InChI=1S/C20H23FN4O3/c1-23-11-8-22-18(23)19(27)24-9-3-6-20(7-10-24)14-25(17(26)13-28-20)16-5-2-4-15(21)12-16/h2,4-5,8,11-12H,3,6-7,9-10,13-14H2,1H3. The van der Waals surface area contributed by atoms with Crippen LogP contribution < -0.4 is 4.90 Å². The monoisotopic (exact) mass is 386 g/mol. The van der Waals surface area contributed by atoms with Crippen LogP contribution in [-0.2, 0) is 16.6 Å². The van der Waals surface area contributed by atoms with E-state index < -0.39 is 5.60 Å². The van der Waals surface area contributed by atoms with Gasteiger partial charge in [0.05, 0.1) is 12.1 Å². The van der Waals surface area contributed by atoms with Gasteiger partial charge in [0.2, 0.25) is 0 Å². The average Bonchev–Trinajstić information content (AvgIpc) is 3.01. The fourth-order valence-electron chi connectivity index (χ4n) is 3.98. The molecule has 4 rings (SSSR count). The summed E-state index contributed by atoms with van der Waals surface area (Å²) < 4.78 is 21.3. The molecule has 2 amide bonds. The zero-order valence-electron chi connectivity index (χ0n) is 15.8. The number of morpholine rings is 1. The Bertz CT molecular complexity index is 899. The number of ether oxygens (including phenoxy) is 1. The minimum atomic E-state index is -0.531. The fraction of sp³-hybridized carbons (Fsp3) is 0.450.